The van der Waals surface area contributed by atoms with Crippen LogP contribution in [0.1, 0.15) is 10.4 Å². The molecule has 0 atom stereocenters. The van der Waals surface area contributed by atoms with Gasteiger partial charge in [0.15, 0.2) is 0 Å². The predicted octanol–water partition coefficient (Wildman–Crippen LogP) is 1.97. The Morgan fingerprint density at radius 3 is 2.65 bits per heavy atom. The molecule has 1 aromatic rings. The number of benzene rings is 1. The van der Waals surface area contributed by atoms with E-state index in [1.165, 1.54) is 0 Å². The number of halogens is 2. The first-order chi connectivity index (χ1) is 7.91. The van der Waals surface area contributed by atoms with E-state index in [-0.39, 0.29) is 11.3 Å². The molecule has 8 heteroatoms. The third-order valence-corrected chi connectivity index (χ3v) is 1.89. The van der Waals surface area contributed by atoms with Gasteiger partial charge in [0.2, 0.25) is 0 Å². The van der Waals surface area contributed by atoms with Gasteiger partial charge < -0.3 is 10.4 Å². The molecule has 0 saturated heterocycles. The molecule has 1 aromatic carbocycles. The van der Waals surface area contributed by atoms with Gasteiger partial charge in [-0.3, -0.25) is 10.1 Å². The first-order valence-corrected chi connectivity index (χ1v) is 4.45. The highest BCUT2D eigenvalue weighted by Crippen LogP contribution is 2.25. The van der Waals surface area contributed by atoms with Crippen LogP contribution < -0.4 is 5.32 Å². The van der Waals surface area contributed by atoms with Gasteiger partial charge in [0.05, 0.1) is 17.0 Å². The van der Waals surface area contributed by atoms with Crippen molar-refractivity contribution in [1.82, 2.24) is 0 Å². The Hall–Kier alpha value is -2.25. The molecule has 0 spiro atoms. The molecule has 0 fully saturated rings. The molecule has 0 aliphatic rings. The number of hydrogen-bond acceptors (Lipinski definition) is 4. The van der Waals surface area contributed by atoms with E-state index in [4.69, 9.17) is 5.11 Å². The number of rotatable bonds is 5. The summed E-state index contributed by atoms with van der Waals surface area (Å²) in [6.07, 6.45) is -2.66. The lowest BCUT2D eigenvalue weighted by molar-refractivity contribution is -0.384. The van der Waals surface area contributed by atoms with Crippen molar-refractivity contribution in [1.29, 1.82) is 0 Å². The normalized spacial score (nSPS) is 10.3. The summed E-state index contributed by atoms with van der Waals surface area (Å²) in [5.41, 5.74) is -0.967. The quantitative estimate of drug-likeness (QED) is 0.612. The van der Waals surface area contributed by atoms with Gasteiger partial charge in [0.1, 0.15) is 5.69 Å². The number of nitro benzene ring substituents is 1. The standard InChI is InChI=1S/C9H8F2N2O4/c10-8(11)4-12-6-2-1-5(9(14)15)3-7(6)13(16)17/h1-3,8,12H,4H2,(H,14,15). The first-order valence-electron chi connectivity index (χ1n) is 4.45. The molecule has 0 amide bonds. The third-order valence-electron chi connectivity index (χ3n) is 1.89. The first kappa shape index (κ1) is 12.8. The average molecular weight is 246 g/mol. The van der Waals surface area contributed by atoms with E-state index in [0.717, 1.165) is 18.2 Å². The molecule has 2 N–H and O–H groups in total. The highest BCUT2D eigenvalue weighted by Gasteiger charge is 2.17. The molecule has 1 rings (SSSR count). The van der Waals surface area contributed by atoms with Crippen LogP contribution in [0.5, 0.6) is 0 Å². The highest BCUT2D eigenvalue weighted by atomic mass is 19.3. The average Bonchev–Trinajstić information content (AvgIpc) is 2.25. The molecule has 0 aromatic heterocycles. The second-order valence-corrected chi connectivity index (χ2v) is 3.07. The van der Waals surface area contributed by atoms with Gasteiger partial charge in [0, 0.05) is 6.07 Å². The largest absolute Gasteiger partial charge is 0.478 e. The molecule has 17 heavy (non-hydrogen) atoms. The van der Waals surface area contributed by atoms with Crippen molar-refractivity contribution in [3.8, 4) is 0 Å². The predicted molar refractivity (Wildman–Crippen MR) is 54.5 cm³/mol. The van der Waals surface area contributed by atoms with Gasteiger partial charge in [-0.25, -0.2) is 13.6 Å². The summed E-state index contributed by atoms with van der Waals surface area (Å²) in [5, 5.41) is 21.4. The molecular weight excluding hydrogens is 238 g/mol. The maximum Gasteiger partial charge on any atom is 0.335 e. The van der Waals surface area contributed by atoms with E-state index in [1.807, 2.05) is 0 Å². The Morgan fingerprint density at radius 2 is 2.18 bits per heavy atom. The fraction of sp³-hybridized carbons (Fsp3) is 0.222. The topological polar surface area (TPSA) is 92.5 Å². The van der Waals surface area contributed by atoms with E-state index in [1.54, 1.807) is 0 Å². The summed E-state index contributed by atoms with van der Waals surface area (Å²) in [4.78, 5) is 20.4. The van der Waals surface area contributed by atoms with Crippen LogP contribution in [0.2, 0.25) is 0 Å². The van der Waals surface area contributed by atoms with Gasteiger partial charge in [-0.05, 0) is 12.1 Å². The zero-order chi connectivity index (χ0) is 13.0. The van der Waals surface area contributed by atoms with Crippen molar-refractivity contribution in [3.63, 3.8) is 0 Å². The van der Waals surface area contributed by atoms with Crippen molar-refractivity contribution in [2.45, 2.75) is 6.43 Å². The summed E-state index contributed by atoms with van der Waals surface area (Å²) < 4.78 is 23.9. The van der Waals surface area contributed by atoms with Gasteiger partial charge >= 0.3 is 5.97 Å². The molecule has 0 aliphatic carbocycles. The molecule has 6 nitrogen and oxygen atoms in total. The van der Waals surface area contributed by atoms with Crippen molar-refractivity contribution < 1.29 is 23.6 Å². The second kappa shape index (κ2) is 5.19. The van der Waals surface area contributed by atoms with Crippen LogP contribution in [-0.2, 0) is 0 Å². The summed E-state index contributed by atoms with van der Waals surface area (Å²) in [5.74, 6) is -1.33. The molecular formula is C9H8F2N2O4. The Labute approximate surface area is 94.0 Å². The molecule has 0 radical (unpaired) electrons. The Morgan fingerprint density at radius 1 is 1.53 bits per heavy atom. The second-order valence-electron chi connectivity index (χ2n) is 3.07. The number of hydrogen-bond donors (Lipinski definition) is 2. The minimum absolute atomic E-state index is 0.139. The van der Waals surface area contributed by atoms with E-state index in [0.29, 0.717) is 0 Å². The van der Waals surface area contributed by atoms with Crippen molar-refractivity contribution in [2.75, 3.05) is 11.9 Å². The van der Waals surface area contributed by atoms with Gasteiger partial charge in [-0.2, -0.15) is 0 Å². The zero-order valence-electron chi connectivity index (χ0n) is 8.39. The number of nitro groups is 1. The number of carboxylic acids is 1. The van der Waals surface area contributed by atoms with Crippen LogP contribution in [0.3, 0.4) is 0 Å². The Kier molecular flexibility index (Phi) is 3.91. The minimum atomic E-state index is -2.66. The van der Waals surface area contributed by atoms with Gasteiger partial charge in [-0.1, -0.05) is 0 Å². The molecule has 0 saturated carbocycles. The van der Waals surface area contributed by atoms with E-state index in [9.17, 15) is 23.7 Å². The smallest absolute Gasteiger partial charge is 0.335 e. The maximum absolute atomic E-state index is 11.9. The number of aromatic carboxylic acids is 1. The van der Waals surface area contributed by atoms with Crippen LogP contribution in [0.15, 0.2) is 18.2 Å². The zero-order valence-corrected chi connectivity index (χ0v) is 8.39. The Bertz CT molecular complexity index is 451. The van der Waals surface area contributed by atoms with E-state index in [2.05, 4.69) is 5.32 Å². The number of anilines is 1. The number of nitrogens with one attached hydrogen (secondary N) is 1. The molecule has 0 heterocycles. The lowest BCUT2D eigenvalue weighted by atomic mass is 10.1. The van der Waals surface area contributed by atoms with Gasteiger partial charge in [0.25, 0.3) is 12.1 Å². The number of alkyl halides is 2. The number of nitrogens with zero attached hydrogens (tertiary/aromatic N) is 1. The third kappa shape index (κ3) is 3.37. The van der Waals surface area contributed by atoms with Crippen LogP contribution in [-0.4, -0.2) is 29.0 Å². The number of carboxylic acid groups (broad SMARTS) is 1. The molecule has 0 unspecified atom stereocenters. The lowest BCUT2D eigenvalue weighted by Crippen LogP contribution is -2.12. The minimum Gasteiger partial charge on any atom is -0.478 e. The van der Waals surface area contributed by atoms with Crippen LogP contribution >= 0.6 is 0 Å². The van der Waals surface area contributed by atoms with Crippen LogP contribution in [0.25, 0.3) is 0 Å². The summed E-state index contributed by atoms with van der Waals surface area (Å²) >= 11 is 0. The SMILES string of the molecule is O=C(O)c1ccc(NCC(F)F)c([N+](=O)[O-])c1. The monoisotopic (exact) mass is 246 g/mol. The van der Waals surface area contributed by atoms with Gasteiger partial charge in [-0.15, -0.1) is 0 Å². The van der Waals surface area contributed by atoms with Crippen LogP contribution in [0.4, 0.5) is 20.2 Å². The fourth-order valence-corrected chi connectivity index (χ4v) is 1.15. The van der Waals surface area contributed by atoms with Crippen LogP contribution in [0, 0.1) is 10.1 Å². The Balaban J connectivity index is 3.04. The van der Waals surface area contributed by atoms with E-state index < -0.39 is 29.6 Å². The van der Waals surface area contributed by atoms with Crippen molar-refractivity contribution >= 4 is 17.3 Å². The van der Waals surface area contributed by atoms with Crippen molar-refractivity contribution in [2.24, 2.45) is 0 Å². The van der Waals surface area contributed by atoms with E-state index >= 15 is 0 Å². The fourth-order valence-electron chi connectivity index (χ4n) is 1.15. The molecule has 0 aliphatic heterocycles. The molecule has 92 valence electrons. The highest BCUT2D eigenvalue weighted by molar-refractivity contribution is 5.89. The lowest BCUT2D eigenvalue weighted by Gasteiger charge is -2.06. The summed E-state index contributed by atoms with van der Waals surface area (Å²) in [6.45, 7) is -0.743. The number of carbonyl (C=O) groups is 1. The summed E-state index contributed by atoms with van der Waals surface area (Å²) in [6, 6.07) is 3.00. The molecule has 0 bridgehead atoms. The van der Waals surface area contributed by atoms with Crippen molar-refractivity contribution in [3.05, 3.63) is 33.9 Å². The maximum atomic E-state index is 11.9. The summed E-state index contributed by atoms with van der Waals surface area (Å²) in [7, 11) is 0.